The molecule has 20 heavy (non-hydrogen) atoms. The summed E-state index contributed by atoms with van der Waals surface area (Å²) in [5, 5.41) is 3.56. The molecule has 4 heteroatoms. The molecule has 1 aromatic carbocycles. The van der Waals surface area contributed by atoms with Gasteiger partial charge in [0.25, 0.3) is 0 Å². The van der Waals surface area contributed by atoms with Crippen LogP contribution in [0, 0.1) is 5.82 Å². The first-order valence-corrected chi connectivity index (χ1v) is 7.58. The first kappa shape index (κ1) is 15.4. The predicted molar refractivity (Wildman–Crippen MR) is 79.3 cm³/mol. The Kier molecular flexibility index (Phi) is 6.43. The van der Waals surface area contributed by atoms with Crippen LogP contribution in [0.5, 0.6) is 0 Å². The summed E-state index contributed by atoms with van der Waals surface area (Å²) in [4.78, 5) is 2.45. The number of rotatable bonds is 7. The highest BCUT2D eigenvalue weighted by atomic mass is 19.1. The van der Waals surface area contributed by atoms with E-state index in [0.717, 1.165) is 52.2 Å². The third-order valence-electron chi connectivity index (χ3n) is 3.83. The van der Waals surface area contributed by atoms with Crippen LogP contribution in [0.2, 0.25) is 0 Å². The van der Waals surface area contributed by atoms with Crippen molar-refractivity contribution in [3.63, 3.8) is 0 Å². The molecular formula is C16H25FN2O. The van der Waals surface area contributed by atoms with Crippen LogP contribution in [0.3, 0.4) is 0 Å². The number of nitrogens with one attached hydrogen (secondary N) is 1. The number of ether oxygens (including phenoxy) is 1. The monoisotopic (exact) mass is 280 g/mol. The zero-order valence-corrected chi connectivity index (χ0v) is 12.3. The Morgan fingerprint density at radius 3 is 2.60 bits per heavy atom. The number of nitrogens with zero attached hydrogens (tertiary/aromatic N) is 1. The molecule has 1 N–H and O–H groups in total. The lowest BCUT2D eigenvalue weighted by atomic mass is 10.0. The average Bonchev–Trinajstić information content (AvgIpc) is 2.50. The van der Waals surface area contributed by atoms with E-state index in [0.29, 0.717) is 6.04 Å². The maximum atomic E-state index is 12.9. The van der Waals surface area contributed by atoms with Crippen LogP contribution < -0.4 is 5.32 Å². The van der Waals surface area contributed by atoms with Crippen LogP contribution in [0.25, 0.3) is 0 Å². The van der Waals surface area contributed by atoms with Crippen molar-refractivity contribution in [2.45, 2.75) is 25.8 Å². The lowest BCUT2D eigenvalue weighted by Gasteiger charge is -2.27. The molecule has 0 amide bonds. The van der Waals surface area contributed by atoms with Crippen molar-refractivity contribution in [3.05, 3.63) is 35.6 Å². The second-order valence-corrected chi connectivity index (χ2v) is 5.27. The van der Waals surface area contributed by atoms with Crippen molar-refractivity contribution in [2.24, 2.45) is 0 Å². The summed E-state index contributed by atoms with van der Waals surface area (Å²) in [6, 6.07) is 7.14. The zero-order valence-electron chi connectivity index (χ0n) is 12.3. The van der Waals surface area contributed by atoms with E-state index < -0.39 is 0 Å². The topological polar surface area (TPSA) is 24.5 Å². The highest BCUT2D eigenvalue weighted by Crippen LogP contribution is 2.16. The van der Waals surface area contributed by atoms with Crippen molar-refractivity contribution in [1.82, 2.24) is 10.2 Å². The van der Waals surface area contributed by atoms with Gasteiger partial charge in [-0.05, 0) is 43.6 Å². The summed E-state index contributed by atoms with van der Waals surface area (Å²) < 4.78 is 18.3. The van der Waals surface area contributed by atoms with E-state index >= 15 is 0 Å². The SMILES string of the molecule is CCC(NCCCN1CCOCC1)c1ccc(F)cc1. The van der Waals surface area contributed by atoms with Gasteiger partial charge < -0.3 is 10.1 Å². The minimum atomic E-state index is -0.170. The minimum absolute atomic E-state index is 0.170. The van der Waals surface area contributed by atoms with Crippen molar-refractivity contribution in [3.8, 4) is 0 Å². The van der Waals surface area contributed by atoms with Crippen molar-refractivity contribution in [2.75, 3.05) is 39.4 Å². The molecule has 0 spiro atoms. The Morgan fingerprint density at radius 2 is 1.95 bits per heavy atom. The van der Waals surface area contributed by atoms with Gasteiger partial charge in [0.15, 0.2) is 0 Å². The van der Waals surface area contributed by atoms with E-state index in [1.807, 2.05) is 12.1 Å². The van der Waals surface area contributed by atoms with Gasteiger partial charge in [0.05, 0.1) is 13.2 Å². The van der Waals surface area contributed by atoms with Crippen molar-refractivity contribution >= 4 is 0 Å². The van der Waals surface area contributed by atoms with Gasteiger partial charge in [0.1, 0.15) is 5.82 Å². The molecule has 1 heterocycles. The fraction of sp³-hybridized carbons (Fsp3) is 0.625. The molecule has 1 aliphatic heterocycles. The molecule has 0 radical (unpaired) electrons. The van der Waals surface area contributed by atoms with Crippen LogP contribution in [0.1, 0.15) is 31.4 Å². The Morgan fingerprint density at radius 1 is 1.25 bits per heavy atom. The van der Waals surface area contributed by atoms with Crippen molar-refractivity contribution < 1.29 is 9.13 Å². The molecule has 1 fully saturated rings. The molecule has 1 aromatic rings. The van der Waals surface area contributed by atoms with Crippen LogP contribution >= 0.6 is 0 Å². The van der Waals surface area contributed by atoms with E-state index in [-0.39, 0.29) is 5.82 Å². The van der Waals surface area contributed by atoms with E-state index in [9.17, 15) is 4.39 Å². The lowest BCUT2D eigenvalue weighted by molar-refractivity contribution is 0.0374. The maximum absolute atomic E-state index is 12.9. The maximum Gasteiger partial charge on any atom is 0.123 e. The summed E-state index contributed by atoms with van der Waals surface area (Å²) >= 11 is 0. The molecule has 0 aromatic heterocycles. The second kappa shape index (κ2) is 8.35. The largest absolute Gasteiger partial charge is 0.379 e. The number of hydrogen-bond donors (Lipinski definition) is 1. The summed E-state index contributed by atoms with van der Waals surface area (Å²) in [7, 11) is 0. The number of benzene rings is 1. The first-order valence-electron chi connectivity index (χ1n) is 7.58. The smallest absolute Gasteiger partial charge is 0.123 e. The quantitative estimate of drug-likeness (QED) is 0.777. The summed E-state index contributed by atoms with van der Waals surface area (Å²) in [5.74, 6) is -0.170. The van der Waals surface area contributed by atoms with Crippen LogP contribution in [-0.2, 0) is 4.74 Å². The Labute approximate surface area is 121 Å². The van der Waals surface area contributed by atoms with Gasteiger partial charge in [-0.2, -0.15) is 0 Å². The van der Waals surface area contributed by atoms with Gasteiger partial charge >= 0.3 is 0 Å². The number of morpholine rings is 1. The molecule has 0 bridgehead atoms. The number of halogens is 1. The average molecular weight is 280 g/mol. The Hall–Kier alpha value is -0.970. The molecule has 0 saturated carbocycles. The van der Waals surface area contributed by atoms with E-state index in [2.05, 4.69) is 17.1 Å². The van der Waals surface area contributed by atoms with Crippen molar-refractivity contribution in [1.29, 1.82) is 0 Å². The van der Waals surface area contributed by atoms with Crippen LogP contribution in [0.15, 0.2) is 24.3 Å². The fourth-order valence-electron chi connectivity index (χ4n) is 2.60. The van der Waals surface area contributed by atoms with Crippen LogP contribution in [-0.4, -0.2) is 44.3 Å². The summed E-state index contributed by atoms with van der Waals surface area (Å²) in [6.07, 6.45) is 2.15. The highest BCUT2D eigenvalue weighted by Gasteiger charge is 2.11. The molecule has 2 rings (SSSR count). The van der Waals surface area contributed by atoms with E-state index in [1.165, 1.54) is 17.7 Å². The number of hydrogen-bond acceptors (Lipinski definition) is 3. The normalized spacial score (nSPS) is 18.1. The molecule has 1 aliphatic rings. The Balaban J connectivity index is 1.69. The van der Waals surface area contributed by atoms with Gasteiger partial charge in [0.2, 0.25) is 0 Å². The lowest BCUT2D eigenvalue weighted by Crippen LogP contribution is -2.37. The third kappa shape index (κ3) is 4.85. The molecule has 3 nitrogen and oxygen atoms in total. The van der Waals surface area contributed by atoms with Gasteiger partial charge in [-0.25, -0.2) is 4.39 Å². The predicted octanol–water partition coefficient (Wildman–Crippen LogP) is 2.59. The summed E-state index contributed by atoms with van der Waals surface area (Å²) in [5.41, 5.74) is 1.17. The molecule has 1 atom stereocenters. The summed E-state index contributed by atoms with van der Waals surface area (Å²) in [6.45, 7) is 8.10. The standard InChI is InChI=1S/C16H25FN2O/c1-2-16(14-4-6-15(17)7-5-14)18-8-3-9-19-10-12-20-13-11-19/h4-7,16,18H,2-3,8-13H2,1H3. The minimum Gasteiger partial charge on any atom is -0.379 e. The van der Waals surface area contributed by atoms with Crippen LogP contribution in [0.4, 0.5) is 4.39 Å². The second-order valence-electron chi connectivity index (χ2n) is 5.27. The van der Waals surface area contributed by atoms with Gasteiger partial charge in [-0.1, -0.05) is 19.1 Å². The van der Waals surface area contributed by atoms with Gasteiger partial charge in [-0.3, -0.25) is 4.90 Å². The Bertz CT molecular complexity index is 377. The molecular weight excluding hydrogens is 255 g/mol. The molecule has 1 unspecified atom stereocenters. The molecule has 1 saturated heterocycles. The fourth-order valence-corrected chi connectivity index (χ4v) is 2.60. The van der Waals surface area contributed by atoms with E-state index in [4.69, 9.17) is 4.74 Å². The van der Waals surface area contributed by atoms with Gasteiger partial charge in [0, 0.05) is 19.1 Å². The van der Waals surface area contributed by atoms with E-state index in [1.54, 1.807) is 0 Å². The third-order valence-corrected chi connectivity index (χ3v) is 3.83. The zero-order chi connectivity index (χ0) is 14.2. The molecule has 0 aliphatic carbocycles. The highest BCUT2D eigenvalue weighted by molar-refractivity contribution is 5.19. The first-order chi connectivity index (χ1) is 9.79. The molecule has 112 valence electrons. The van der Waals surface area contributed by atoms with Gasteiger partial charge in [-0.15, -0.1) is 0 Å².